The van der Waals surface area contributed by atoms with Crippen LogP contribution in [0.5, 0.6) is 0 Å². The van der Waals surface area contributed by atoms with Crippen LogP contribution in [0.1, 0.15) is 35.1 Å². The zero-order valence-electron chi connectivity index (χ0n) is 14.8. The molecule has 0 aliphatic carbocycles. The lowest BCUT2D eigenvalue weighted by molar-refractivity contribution is -0.124. The highest BCUT2D eigenvalue weighted by Crippen LogP contribution is 2.16. The molecule has 130 valence electrons. The van der Waals surface area contributed by atoms with Gasteiger partial charge in [0.2, 0.25) is 11.8 Å². The lowest BCUT2D eigenvalue weighted by Crippen LogP contribution is -2.20. The van der Waals surface area contributed by atoms with Crippen LogP contribution in [-0.4, -0.2) is 18.0 Å². The summed E-state index contributed by atoms with van der Waals surface area (Å²) >= 11 is 0. The first-order valence-electron chi connectivity index (χ1n) is 8.20. The summed E-state index contributed by atoms with van der Waals surface area (Å²) in [4.78, 5) is 23.7. The van der Waals surface area contributed by atoms with E-state index >= 15 is 0 Å². The molecule has 5 nitrogen and oxygen atoms in total. The minimum atomic E-state index is -0.292. The Morgan fingerprint density at radius 1 is 0.920 bits per heavy atom. The molecule has 0 atom stereocenters. The first-order chi connectivity index (χ1) is 11.9. The molecule has 0 bridgehead atoms. The van der Waals surface area contributed by atoms with Gasteiger partial charge in [0.1, 0.15) is 0 Å². The summed E-state index contributed by atoms with van der Waals surface area (Å²) in [7, 11) is 0. The van der Waals surface area contributed by atoms with Gasteiger partial charge in [-0.1, -0.05) is 42.0 Å². The average Bonchev–Trinajstić information content (AvgIpc) is 2.58. The van der Waals surface area contributed by atoms with Gasteiger partial charge >= 0.3 is 0 Å². The average molecular weight is 337 g/mol. The Morgan fingerprint density at radius 2 is 1.56 bits per heavy atom. The molecule has 0 aromatic heterocycles. The molecule has 2 N–H and O–H groups in total. The number of aryl methyl sites for hydroxylation is 3. The van der Waals surface area contributed by atoms with Crippen LogP contribution in [-0.2, 0) is 9.59 Å². The molecule has 0 saturated carbocycles. The number of carbonyl (C=O) groups is 2. The van der Waals surface area contributed by atoms with Crippen LogP contribution < -0.4 is 10.7 Å². The van der Waals surface area contributed by atoms with Crippen molar-refractivity contribution in [2.45, 2.75) is 33.6 Å². The van der Waals surface area contributed by atoms with E-state index in [4.69, 9.17) is 0 Å². The van der Waals surface area contributed by atoms with Gasteiger partial charge in [0.15, 0.2) is 0 Å². The van der Waals surface area contributed by atoms with Crippen molar-refractivity contribution in [1.82, 2.24) is 5.43 Å². The van der Waals surface area contributed by atoms with Crippen molar-refractivity contribution >= 4 is 23.7 Å². The number of benzene rings is 2. The van der Waals surface area contributed by atoms with Crippen molar-refractivity contribution in [3.8, 4) is 0 Å². The topological polar surface area (TPSA) is 70.6 Å². The highest BCUT2D eigenvalue weighted by atomic mass is 16.2. The summed E-state index contributed by atoms with van der Waals surface area (Å²) in [5, 5.41) is 6.74. The molecule has 0 radical (unpaired) electrons. The third-order valence-electron chi connectivity index (χ3n) is 3.73. The Bertz CT molecular complexity index is 780. The molecule has 2 aromatic rings. The molecule has 5 heteroatoms. The van der Waals surface area contributed by atoms with Crippen LogP contribution >= 0.6 is 0 Å². The summed E-state index contributed by atoms with van der Waals surface area (Å²) in [6, 6.07) is 13.6. The van der Waals surface area contributed by atoms with Gasteiger partial charge in [-0.15, -0.1) is 0 Å². The van der Waals surface area contributed by atoms with Gasteiger partial charge in [-0.2, -0.15) is 5.10 Å². The van der Waals surface area contributed by atoms with Crippen LogP contribution in [0.15, 0.2) is 47.6 Å². The van der Waals surface area contributed by atoms with Gasteiger partial charge in [0.25, 0.3) is 0 Å². The van der Waals surface area contributed by atoms with E-state index in [2.05, 4.69) is 15.8 Å². The standard InChI is InChI=1S/C20H23N3O2/c1-14-5-8-17(9-6-14)13-21-23-20(25)11-10-19(24)22-18-12-15(2)4-7-16(18)3/h4-9,12-13H,10-11H2,1-3H3,(H,22,24)(H,23,25)/b21-13+. The summed E-state index contributed by atoms with van der Waals surface area (Å²) < 4.78 is 0. The van der Waals surface area contributed by atoms with Crippen LogP contribution in [0, 0.1) is 20.8 Å². The monoisotopic (exact) mass is 337 g/mol. The smallest absolute Gasteiger partial charge is 0.240 e. The SMILES string of the molecule is Cc1ccc(/C=N/NC(=O)CCC(=O)Nc2cc(C)ccc2C)cc1. The molecular formula is C20H23N3O2. The highest BCUT2D eigenvalue weighted by molar-refractivity contribution is 5.94. The lowest BCUT2D eigenvalue weighted by atomic mass is 10.1. The Labute approximate surface area is 148 Å². The maximum Gasteiger partial charge on any atom is 0.240 e. The minimum absolute atomic E-state index is 0.0853. The molecule has 0 heterocycles. The number of rotatable bonds is 6. The van der Waals surface area contributed by atoms with Gasteiger partial charge in [-0.3, -0.25) is 9.59 Å². The molecule has 0 fully saturated rings. The first kappa shape index (κ1) is 18.4. The number of carbonyl (C=O) groups excluding carboxylic acids is 2. The second-order valence-electron chi connectivity index (χ2n) is 6.07. The molecule has 0 spiro atoms. The predicted molar refractivity (Wildman–Crippen MR) is 101 cm³/mol. The van der Waals surface area contributed by atoms with E-state index in [0.717, 1.165) is 27.9 Å². The van der Waals surface area contributed by atoms with E-state index in [1.807, 2.05) is 63.2 Å². The molecular weight excluding hydrogens is 314 g/mol. The van der Waals surface area contributed by atoms with Crippen LogP contribution in [0.2, 0.25) is 0 Å². The molecule has 2 amide bonds. The maximum absolute atomic E-state index is 12.0. The second kappa shape index (κ2) is 8.78. The zero-order valence-corrected chi connectivity index (χ0v) is 14.8. The molecule has 0 saturated heterocycles. The summed E-state index contributed by atoms with van der Waals surface area (Å²) in [5.41, 5.74) is 7.35. The van der Waals surface area contributed by atoms with Crippen molar-refractivity contribution < 1.29 is 9.59 Å². The number of amides is 2. The highest BCUT2D eigenvalue weighted by Gasteiger charge is 2.08. The van der Waals surface area contributed by atoms with E-state index in [1.165, 1.54) is 0 Å². The minimum Gasteiger partial charge on any atom is -0.326 e. The quantitative estimate of drug-likeness (QED) is 0.626. The fourth-order valence-corrected chi connectivity index (χ4v) is 2.20. The fourth-order valence-electron chi connectivity index (χ4n) is 2.20. The van der Waals surface area contributed by atoms with Crippen molar-refractivity contribution in [1.29, 1.82) is 0 Å². The summed E-state index contributed by atoms with van der Waals surface area (Å²) in [6.45, 7) is 5.90. The van der Waals surface area contributed by atoms with E-state index < -0.39 is 0 Å². The normalized spacial score (nSPS) is 10.7. The zero-order chi connectivity index (χ0) is 18.2. The third-order valence-corrected chi connectivity index (χ3v) is 3.73. The van der Waals surface area contributed by atoms with E-state index in [1.54, 1.807) is 6.21 Å². The summed E-state index contributed by atoms with van der Waals surface area (Å²) in [6.07, 6.45) is 1.77. The van der Waals surface area contributed by atoms with Crippen molar-refractivity contribution in [2.24, 2.45) is 5.10 Å². The van der Waals surface area contributed by atoms with Gasteiger partial charge in [0, 0.05) is 18.5 Å². The van der Waals surface area contributed by atoms with Crippen LogP contribution in [0.25, 0.3) is 0 Å². The number of hydrazone groups is 1. The van der Waals surface area contributed by atoms with Crippen LogP contribution in [0.3, 0.4) is 0 Å². The van der Waals surface area contributed by atoms with E-state index in [0.29, 0.717) is 0 Å². The van der Waals surface area contributed by atoms with Crippen molar-refractivity contribution in [3.63, 3.8) is 0 Å². The number of nitrogens with one attached hydrogen (secondary N) is 2. The van der Waals surface area contributed by atoms with Gasteiger partial charge in [0.05, 0.1) is 6.21 Å². The lowest BCUT2D eigenvalue weighted by Gasteiger charge is -2.09. The van der Waals surface area contributed by atoms with Gasteiger partial charge in [-0.25, -0.2) is 5.43 Å². The fraction of sp³-hybridized carbons (Fsp3) is 0.250. The Morgan fingerprint density at radius 3 is 2.28 bits per heavy atom. The molecule has 2 aromatic carbocycles. The van der Waals surface area contributed by atoms with Gasteiger partial charge < -0.3 is 5.32 Å². The maximum atomic E-state index is 12.0. The number of hydrogen-bond acceptors (Lipinski definition) is 3. The number of nitrogens with zero attached hydrogens (tertiary/aromatic N) is 1. The molecule has 0 aliphatic heterocycles. The Kier molecular flexibility index (Phi) is 6.46. The Hall–Kier alpha value is -2.95. The van der Waals surface area contributed by atoms with Crippen molar-refractivity contribution in [2.75, 3.05) is 5.32 Å². The molecule has 0 aliphatic rings. The molecule has 0 unspecified atom stereocenters. The largest absolute Gasteiger partial charge is 0.326 e. The second-order valence-corrected chi connectivity index (χ2v) is 6.07. The predicted octanol–water partition coefficient (Wildman–Crippen LogP) is 3.48. The third kappa shape index (κ3) is 6.22. The van der Waals surface area contributed by atoms with Crippen LogP contribution in [0.4, 0.5) is 5.69 Å². The van der Waals surface area contributed by atoms with E-state index in [9.17, 15) is 9.59 Å². The van der Waals surface area contributed by atoms with E-state index in [-0.39, 0.29) is 24.7 Å². The van der Waals surface area contributed by atoms with Crippen molar-refractivity contribution in [3.05, 3.63) is 64.7 Å². The first-order valence-corrected chi connectivity index (χ1v) is 8.20. The Balaban J connectivity index is 1.76. The van der Waals surface area contributed by atoms with Gasteiger partial charge in [-0.05, 0) is 43.5 Å². The molecule has 25 heavy (non-hydrogen) atoms. The number of hydrogen-bond donors (Lipinski definition) is 2. The number of anilines is 1. The molecule has 2 rings (SSSR count). The summed E-state index contributed by atoms with van der Waals surface area (Å²) in [5.74, 6) is -0.481.